The van der Waals surface area contributed by atoms with Crippen molar-refractivity contribution in [3.63, 3.8) is 0 Å². The summed E-state index contributed by atoms with van der Waals surface area (Å²) in [6.45, 7) is -6.69. The minimum absolute atomic E-state index is 0.414. The summed E-state index contributed by atoms with van der Waals surface area (Å²) in [7, 11) is 0. The maximum Gasteiger partial charge on any atom is 0.237 e. The number of nitrogens with zero attached hydrogens (tertiary/aromatic N) is 1. The highest BCUT2D eigenvalue weighted by Crippen LogP contribution is 2.07. The van der Waals surface area contributed by atoms with Gasteiger partial charge in [0.25, 0.3) is 0 Å². The smallest absolute Gasteiger partial charge is 0.237 e. The number of carbonyl (C=O) groups excluding carboxylic acids is 2. The largest absolute Gasteiger partial charge is 0.368 e. The third kappa shape index (κ3) is 1.46. The Morgan fingerprint density at radius 2 is 2.70 bits per heavy atom. The van der Waals surface area contributed by atoms with E-state index in [1.54, 1.807) is 0 Å². The van der Waals surface area contributed by atoms with Crippen LogP contribution in [0.2, 0.25) is 0 Å². The number of nitrogens with two attached hydrogens (primary N) is 1. The zero-order chi connectivity index (χ0) is 14.7. The molecule has 4 nitrogen and oxygen atoms in total. The normalized spacial score (nSPS) is 46.4. The number of hydrogen-bond acceptors (Lipinski definition) is 2. The Bertz CT molecular complexity index is 420. The minimum Gasteiger partial charge on any atom is -0.368 e. The first kappa shape index (κ1) is 1.96. The third-order valence-electron chi connectivity index (χ3n) is 0.762. The van der Waals surface area contributed by atoms with E-state index in [9.17, 15) is 9.59 Å². The first-order valence-electron chi connectivity index (χ1n) is 6.37. The Hall–Kier alpha value is -1.06. The molecule has 0 aromatic rings. The number of likely N-dealkylation sites (tertiary alicyclic amines) is 1. The van der Waals surface area contributed by atoms with Gasteiger partial charge in [0.05, 0.1) is 9.24 Å². The SMILES string of the molecule is [2H]C([2H])(C(N)=O)N1C(=O)C([2H])([2H])C([2H])([2H])C1([2H])[2H]. The molecule has 1 rings (SSSR count). The van der Waals surface area contributed by atoms with Crippen molar-refractivity contribution < 1.29 is 20.6 Å². The van der Waals surface area contributed by atoms with Crippen molar-refractivity contribution in [3.05, 3.63) is 0 Å². The summed E-state index contributed by atoms with van der Waals surface area (Å²) >= 11 is 0. The minimum atomic E-state index is -3.36. The van der Waals surface area contributed by atoms with Crippen molar-refractivity contribution in [2.24, 2.45) is 5.73 Å². The third-order valence-corrected chi connectivity index (χ3v) is 0.762. The van der Waals surface area contributed by atoms with E-state index in [-0.39, 0.29) is 0 Å². The zero-order valence-electron chi connectivity index (χ0n) is 12.8. The summed E-state index contributed by atoms with van der Waals surface area (Å²) in [5.41, 5.74) is 4.69. The van der Waals surface area contributed by atoms with Crippen LogP contribution in [0.3, 0.4) is 0 Å². The van der Waals surface area contributed by atoms with Crippen LogP contribution in [0.4, 0.5) is 0 Å². The number of rotatable bonds is 2. The Labute approximate surface area is 70.2 Å². The quantitative estimate of drug-likeness (QED) is 0.554. The number of primary amides is 1. The maximum absolute atomic E-state index is 11.6. The molecule has 4 heteroatoms. The van der Waals surface area contributed by atoms with Gasteiger partial charge in [0.15, 0.2) is 0 Å². The van der Waals surface area contributed by atoms with Gasteiger partial charge < -0.3 is 10.6 Å². The molecule has 2 N–H and O–H groups in total. The average Bonchev–Trinajstić information content (AvgIpc) is 2.23. The van der Waals surface area contributed by atoms with E-state index in [0.717, 1.165) is 0 Å². The van der Waals surface area contributed by atoms with Crippen molar-refractivity contribution in [2.45, 2.75) is 12.7 Å². The highest BCUT2D eigenvalue weighted by molar-refractivity contribution is 5.84. The molecule has 0 bridgehead atoms. The van der Waals surface area contributed by atoms with Crippen LogP contribution < -0.4 is 5.73 Å². The lowest BCUT2D eigenvalue weighted by Crippen LogP contribution is -2.34. The molecule has 0 aromatic heterocycles. The Balaban J connectivity index is 3.50. The van der Waals surface area contributed by atoms with Gasteiger partial charge in [-0.05, 0) is 6.37 Å². The van der Waals surface area contributed by atoms with E-state index < -0.39 is 42.5 Å². The summed E-state index contributed by atoms with van der Waals surface area (Å²) in [4.78, 5) is 22.1. The molecule has 1 heterocycles. The molecular formula is C6H10N2O2. The van der Waals surface area contributed by atoms with Crippen LogP contribution in [0.15, 0.2) is 0 Å². The van der Waals surface area contributed by atoms with E-state index in [0.29, 0.717) is 0 Å². The van der Waals surface area contributed by atoms with Gasteiger partial charge in [-0.15, -0.1) is 0 Å². The van der Waals surface area contributed by atoms with Crippen molar-refractivity contribution in [3.8, 4) is 0 Å². The lowest BCUT2D eigenvalue weighted by molar-refractivity contribution is -0.132. The van der Waals surface area contributed by atoms with Gasteiger partial charge >= 0.3 is 0 Å². The fraction of sp³-hybridized carbons (Fsp3) is 0.667. The Morgan fingerprint density at radius 1 is 2.00 bits per heavy atom. The fourth-order valence-corrected chi connectivity index (χ4v) is 0.433. The van der Waals surface area contributed by atoms with Crippen molar-refractivity contribution in [1.82, 2.24) is 4.90 Å². The highest BCUT2D eigenvalue weighted by Gasteiger charge is 2.20. The molecular weight excluding hydrogens is 132 g/mol. The summed E-state index contributed by atoms with van der Waals surface area (Å²) in [6.07, 6.45) is -6.64. The molecule has 1 fully saturated rings. The molecule has 2 amide bonds. The van der Waals surface area contributed by atoms with Gasteiger partial charge in [0.2, 0.25) is 11.8 Å². The van der Waals surface area contributed by atoms with Gasteiger partial charge in [-0.2, -0.15) is 0 Å². The van der Waals surface area contributed by atoms with E-state index in [4.69, 9.17) is 16.7 Å². The van der Waals surface area contributed by atoms with E-state index >= 15 is 0 Å². The lowest BCUT2D eigenvalue weighted by Gasteiger charge is -2.11. The number of hydrogen-bond donors (Lipinski definition) is 1. The van der Waals surface area contributed by atoms with E-state index in [1.165, 1.54) is 0 Å². The standard InChI is InChI=1S/C6H10N2O2/c7-5(9)4-8-3-1-2-6(8)10/h1-4H2,(H2,7,9)/i1D2,2D2,3D2,4D2. The second-order valence-corrected chi connectivity index (χ2v) is 1.48. The van der Waals surface area contributed by atoms with Crippen molar-refractivity contribution in [2.75, 3.05) is 13.0 Å². The first-order chi connectivity index (χ1) is 7.72. The Morgan fingerprint density at radius 3 is 3.10 bits per heavy atom. The highest BCUT2D eigenvalue weighted by atomic mass is 16.2. The fourth-order valence-electron chi connectivity index (χ4n) is 0.433. The molecule has 0 unspecified atom stereocenters. The Kier molecular flexibility index (Phi) is 0.527. The average molecular weight is 150 g/mol. The predicted octanol–water partition coefficient (Wildman–Crippen LogP) is -0.906. The van der Waals surface area contributed by atoms with Gasteiger partial charge in [-0.1, -0.05) is 0 Å². The van der Waals surface area contributed by atoms with Gasteiger partial charge in [-0.3, -0.25) is 9.59 Å². The van der Waals surface area contributed by atoms with E-state index in [1.807, 2.05) is 0 Å². The molecule has 56 valence electrons. The predicted molar refractivity (Wildman–Crippen MR) is 35.0 cm³/mol. The van der Waals surface area contributed by atoms with Crippen LogP contribution in [-0.4, -0.2) is 29.7 Å². The van der Waals surface area contributed by atoms with Crippen LogP contribution in [0.5, 0.6) is 0 Å². The van der Waals surface area contributed by atoms with Gasteiger partial charge in [0, 0.05) is 21.1 Å². The second-order valence-electron chi connectivity index (χ2n) is 1.48. The number of carbonyl (C=O) groups is 2. The van der Waals surface area contributed by atoms with Gasteiger partial charge in [-0.25, -0.2) is 0 Å². The van der Waals surface area contributed by atoms with E-state index in [2.05, 4.69) is 0 Å². The molecule has 0 saturated carbocycles. The molecule has 0 aromatic carbocycles. The molecule has 0 aliphatic carbocycles. The monoisotopic (exact) mass is 150 g/mol. The molecule has 0 spiro atoms. The number of amides is 2. The summed E-state index contributed by atoms with van der Waals surface area (Å²) in [5.74, 6) is -3.52. The van der Waals surface area contributed by atoms with Crippen LogP contribution in [0, 0.1) is 0 Å². The summed E-state index contributed by atoms with van der Waals surface area (Å²) in [5, 5.41) is 0. The zero-order valence-corrected chi connectivity index (χ0v) is 4.84. The summed E-state index contributed by atoms with van der Waals surface area (Å²) in [6, 6.07) is 0. The first-order valence-corrected chi connectivity index (χ1v) is 2.37. The second kappa shape index (κ2) is 2.68. The van der Waals surface area contributed by atoms with Crippen LogP contribution >= 0.6 is 0 Å². The maximum atomic E-state index is 11.6. The molecule has 0 radical (unpaired) electrons. The van der Waals surface area contributed by atoms with Crippen LogP contribution in [0.1, 0.15) is 23.7 Å². The lowest BCUT2D eigenvalue weighted by atomic mass is 10.4. The van der Waals surface area contributed by atoms with Crippen LogP contribution in [-0.2, 0) is 9.59 Å². The summed E-state index contributed by atoms with van der Waals surface area (Å²) < 4.78 is 58.4. The van der Waals surface area contributed by atoms with Crippen LogP contribution in [0.25, 0.3) is 0 Å². The molecule has 1 aliphatic heterocycles. The molecule has 1 aliphatic rings. The molecule has 0 atom stereocenters. The van der Waals surface area contributed by atoms with Crippen molar-refractivity contribution >= 4 is 11.8 Å². The van der Waals surface area contributed by atoms with Crippen molar-refractivity contribution in [1.29, 1.82) is 0 Å². The topological polar surface area (TPSA) is 63.4 Å². The van der Waals surface area contributed by atoms with Gasteiger partial charge in [0.1, 0.15) is 0 Å². The molecule has 1 saturated heterocycles. The molecule has 10 heavy (non-hydrogen) atoms.